The Balaban J connectivity index is 4.86. The van der Waals surface area contributed by atoms with E-state index >= 15 is 0 Å². The van der Waals surface area contributed by atoms with Crippen LogP contribution in [0.3, 0.4) is 0 Å². The van der Waals surface area contributed by atoms with Crippen molar-refractivity contribution >= 4 is 25.7 Å². The van der Waals surface area contributed by atoms with Gasteiger partial charge >= 0.3 is 25.7 Å². The highest BCUT2D eigenvalue weighted by molar-refractivity contribution is 7.47. The minimum Gasteiger partial charge on any atom is -0.462 e. The van der Waals surface area contributed by atoms with Crippen LogP contribution in [0.5, 0.6) is 0 Å². The normalized spacial score (nSPS) is 14.3. The van der Waals surface area contributed by atoms with Crippen molar-refractivity contribution in [3.05, 3.63) is 109 Å². The lowest BCUT2D eigenvalue weighted by molar-refractivity contribution is -0.161. The highest BCUT2D eigenvalue weighted by atomic mass is 31.2. The molecule has 0 aliphatic heterocycles. The van der Waals surface area contributed by atoms with Crippen molar-refractivity contribution in [3.63, 3.8) is 0 Å². The minimum absolute atomic E-state index is 0.0966. The van der Waals surface area contributed by atoms with Gasteiger partial charge in [0.2, 0.25) is 0 Å². The van der Waals surface area contributed by atoms with E-state index in [1.807, 2.05) is 12.2 Å². The van der Waals surface area contributed by atoms with Crippen LogP contribution in [-0.4, -0.2) is 66.5 Å². The maximum atomic E-state index is 12.9. The van der Waals surface area contributed by atoms with E-state index in [-0.39, 0.29) is 25.9 Å². The zero-order valence-corrected chi connectivity index (χ0v) is 44.6. The predicted octanol–water partition coefficient (Wildman–Crippen LogP) is 15.5. The molecule has 0 aliphatic carbocycles. The van der Waals surface area contributed by atoms with Gasteiger partial charge in [-0.05, 0) is 109 Å². The van der Waals surface area contributed by atoms with Gasteiger partial charge in [0.05, 0.1) is 19.8 Å². The predicted molar refractivity (Wildman–Crippen MR) is 288 cm³/mol. The molecule has 0 rings (SSSR count). The maximum absolute atomic E-state index is 12.9. The van der Waals surface area contributed by atoms with Crippen LogP contribution in [0.2, 0.25) is 0 Å². The fourth-order valence-corrected chi connectivity index (χ4v) is 7.43. The average molecular weight is 999 g/mol. The molecule has 0 saturated carbocycles. The van der Waals surface area contributed by atoms with Crippen molar-refractivity contribution in [3.8, 4) is 0 Å². The summed E-state index contributed by atoms with van der Waals surface area (Å²) in [5.41, 5.74) is 0. The highest BCUT2D eigenvalue weighted by Gasteiger charge is 2.28. The Morgan fingerprint density at radius 1 is 0.414 bits per heavy atom. The number of phosphoric acid groups is 1. The average Bonchev–Trinajstić information content (AvgIpc) is 3.35. The van der Waals surface area contributed by atoms with Crippen LogP contribution in [0.15, 0.2) is 109 Å². The summed E-state index contributed by atoms with van der Waals surface area (Å²) in [6.07, 6.45) is 60.7. The molecule has 0 heterocycles. The third kappa shape index (κ3) is 49.1. The summed E-state index contributed by atoms with van der Waals surface area (Å²) in [5, 5.41) is 9.78. The first-order valence-electron chi connectivity index (χ1n) is 26.8. The van der Waals surface area contributed by atoms with Crippen LogP contribution in [0.25, 0.3) is 0 Å². The molecule has 0 aromatic rings. The molecule has 0 saturated heterocycles. The number of hydrogen-bond donors (Lipinski definition) is 2. The molecule has 11 nitrogen and oxygen atoms in total. The number of unbranched alkanes of at least 4 members (excludes halogenated alkanes) is 13. The molecule has 398 valence electrons. The van der Waals surface area contributed by atoms with Gasteiger partial charge < -0.3 is 24.2 Å². The fraction of sp³-hybridized carbons (Fsp3) is 0.638. The summed E-state index contributed by atoms with van der Waals surface area (Å²) in [5.74, 6) is -1.61. The Labute approximate surface area is 425 Å². The van der Waals surface area contributed by atoms with E-state index in [4.69, 9.17) is 23.3 Å². The van der Waals surface area contributed by atoms with E-state index in [0.717, 1.165) is 103 Å². The summed E-state index contributed by atoms with van der Waals surface area (Å²) in [7, 11) is -4.77. The molecular formula is C58H95O11P. The number of aliphatic hydroxyl groups excluding tert-OH is 1. The van der Waals surface area contributed by atoms with Crippen molar-refractivity contribution in [2.45, 2.75) is 213 Å². The first-order valence-corrected chi connectivity index (χ1v) is 28.3. The molecule has 2 N–H and O–H groups in total. The van der Waals surface area contributed by atoms with Crippen LogP contribution < -0.4 is 0 Å². The maximum Gasteiger partial charge on any atom is 0.472 e. The molecule has 12 heteroatoms. The van der Waals surface area contributed by atoms with Gasteiger partial charge in [0.25, 0.3) is 0 Å². The molecule has 0 bridgehead atoms. The molecule has 0 amide bonds. The zero-order valence-electron chi connectivity index (χ0n) is 43.7. The number of rotatable bonds is 48. The van der Waals surface area contributed by atoms with E-state index in [0.29, 0.717) is 19.3 Å². The minimum atomic E-state index is -4.77. The number of hydrogen-bond acceptors (Lipinski definition) is 10. The first kappa shape index (κ1) is 66.1. The number of carbonyl (C=O) groups excluding carboxylic acids is 3. The molecule has 0 aliphatic rings. The van der Waals surface area contributed by atoms with Crippen LogP contribution in [-0.2, 0) is 42.2 Å². The summed E-state index contributed by atoms with van der Waals surface area (Å²) >= 11 is 0. The Bertz CT molecular complexity index is 1590. The van der Waals surface area contributed by atoms with Crippen molar-refractivity contribution in [1.82, 2.24) is 0 Å². The van der Waals surface area contributed by atoms with E-state index in [1.165, 1.54) is 38.5 Å². The van der Waals surface area contributed by atoms with Crippen molar-refractivity contribution in [1.29, 1.82) is 0 Å². The molecule has 70 heavy (non-hydrogen) atoms. The summed E-state index contributed by atoms with van der Waals surface area (Å²) in [6.45, 7) is 4.23. The second-order valence-electron chi connectivity index (χ2n) is 17.3. The van der Waals surface area contributed by atoms with E-state index in [9.17, 15) is 28.9 Å². The van der Waals surface area contributed by atoms with Crippen LogP contribution in [0.1, 0.15) is 201 Å². The number of phosphoric ester groups is 1. The number of carbonyl (C=O) groups is 3. The number of aliphatic hydroxyl groups is 1. The van der Waals surface area contributed by atoms with Gasteiger partial charge in [-0.15, -0.1) is 0 Å². The molecule has 3 atom stereocenters. The first-order chi connectivity index (χ1) is 34.2. The SMILES string of the molecule is CC/C=C\C/C=C\C/C=C\C/C=C\CCC(=O)OCC(COP(=O)(O)OCC(CO)OC(=O)CCCCC/C=C\C/C=C\C/C=C\CC)OC(=O)CCCCCCCCC/C=C\C/C=C\CCCCC. The fourth-order valence-electron chi connectivity index (χ4n) is 6.65. The van der Waals surface area contributed by atoms with Crippen molar-refractivity contribution in [2.75, 3.05) is 26.4 Å². The Morgan fingerprint density at radius 2 is 0.771 bits per heavy atom. The monoisotopic (exact) mass is 999 g/mol. The van der Waals surface area contributed by atoms with Crippen molar-refractivity contribution < 1.29 is 52.2 Å². The lowest BCUT2D eigenvalue weighted by Crippen LogP contribution is -2.30. The summed E-state index contributed by atoms with van der Waals surface area (Å²) in [6, 6.07) is 0. The lowest BCUT2D eigenvalue weighted by atomic mass is 10.1. The second-order valence-corrected chi connectivity index (χ2v) is 18.7. The number of ether oxygens (including phenoxy) is 3. The van der Waals surface area contributed by atoms with Gasteiger partial charge in [-0.1, -0.05) is 182 Å². The van der Waals surface area contributed by atoms with Gasteiger partial charge in [-0.3, -0.25) is 23.4 Å². The molecule has 0 aromatic heterocycles. The molecule has 0 spiro atoms. The highest BCUT2D eigenvalue weighted by Crippen LogP contribution is 2.43. The smallest absolute Gasteiger partial charge is 0.462 e. The third-order valence-corrected chi connectivity index (χ3v) is 11.6. The molecule has 0 radical (unpaired) electrons. The second kappa shape index (κ2) is 51.5. The third-order valence-electron chi connectivity index (χ3n) is 10.7. The summed E-state index contributed by atoms with van der Waals surface area (Å²) in [4.78, 5) is 48.3. The quantitative estimate of drug-likeness (QED) is 0.0197. The Morgan fingerprint density at radius 3 is 1.21 bits per heavy atom. The zero-order chi connectivity index (χ0) is 51.3. The summed E-state index contributed by atoms with van der Waals surface area (Å²) < 4.78 is 39.3. The van der Waals surface area contributed by atoms with Gasteiger partial charge in [0.15, 0.2) is 6.10 Å². The molecular weight excluding hydrogens is 904 g/mol. The number of allylic oxidation sites excluding steroid dienone is 18. The Hall–Kier alpha value is -3.86. The largest absolute Gasteiger partial charge is 0.472 e. The number of esters is 3. The topological polar surface area (TPSA) is 155 Å². The van der Waals surface area contributed by atoms with Crippen LogP contribution in [0, 0.1) is 0 Å². The van der Waals surface area contributed by atoms with Gasteiger partial charge in [-0.25, -0.2) is 4.57 Å². The van der Waals surface area contributed by atoms with E-state index in [1.54, 1.807) is 0 Å². The van der Waals surface area contributed by atoms with E-state index < -0.39 is 57.8 Å². The van der Waals surface area contributed by atoms with E-state index in [2.05, 4.69) is 118 Å². The van der Waals surface area contributed by atoms with Crippen molar-refractivity contribution in [2.24, 2.45) is 0 Å². The van der Waals surface area contributed by atoms with Gasteiger partial charge in [-0.2, -0.15) is 0 Å². The molecule has 3 unspecified atom stereocenters. The van der Waals surface area contributed by atoms with Crippen LogP contribution >= 0.6 is 7.82 Å². The lowest BCUT2D eigenvalue weighted by Gasteiger charge is -2.21. The standard InChI is InChI=1S/C58H95O11P/c1-4-7-10-13-16-19-22-25-26-27-28-31-34-37-40-43-46-49-58(62)69-55(51-65-56(60)47-44-41-38-35-32-29-23-20-17-14-11-8-5-2)53-67-70(63,64)66-52-54(50-59)68-57(61)48-45-42-39-36-33-30-24-21-18-15-12-9-6-3/h8-9,11-12,16-21,25-26,29-30,32-33,38,41,54-55,59H,4-7,10,13-15,22-24,27-28,31,34-37,39-40,42-53H2,1-3H3,(H,63,64)/b11-8-,12-9-,19-16-,20-17-,21-18-,26-25-,32-29-,33-30-,41-38-. The van der Waals surface area contributed by atoms with Gasteiger partial charge in [0.1, 0.15) is 12.7 Å². The van der Waals surface area contributed by atoms with Gasteiger partial charge in [0, 0.05) is 19.3 Å². The van der Waals surface area contributed by atoms with Crippen LogP contribution in [0.4, 0.5) is 0 Å². The molecule has 0 fully saturated rings. The Kier molecular flexibility index (Phi) is 48.7. The molecule has 0 aromatic carbocycles.